The summed E-state index contributed by atoms with van der Waals surface area (Å²) in [5, 5.41) is 16.7. The second kappa shape index (κ2) is 14.3. The lowest BCUT2D eigenvalue weighted by molar-refractivity contribution is -0.136. The molecule has 2 heterocycles. The van der Waals surface area contributed by atoms with Crippen molar-refractivity contribution in [2.75, 3.05) is 13.7 Å². The van der Waals surface area contributed by atoms with Gasteiger partial charge in [-0.1, -0.05) is 146 Å². The Balaban J connectivity index is 1.27. The number of nitrogens with one attached hydrogen (secondary N) is 1. The van der Waals surface area contributed by atoms with Gasteiger partial charge in [-0.3, -0.25) is 0 Å². The van der Waals surface area contributed by atoms with E-state index in [1.54, 1.807) is 4.80 Å². The Morgan fingerprint density at radius 1 is 0.760 bits per heavy atom. The number of hydrogen-bond acceptors (Lipinski definition) is 7. The van der Waals surface area contributed by atoms with E-state index in [0.29, 0.717) is 17.8 Å². The highest BCUT2D eigenvalue weighted by atomic mass is 16.5. The minimum absolute atomic E-state index is 0.111. The van der Waals surface area contributed by atoms with Gasteiger partial charge in [0, 0.05) is 24.2 Å². The quantitative estimate of drug-likeness (QED) is 0.114. The van der Waals surface area contributed by atoms with Gasteiger partial charge in [0.25, 0.3) is 0 Å². The van der Waals surface area contributed by atoms with E-state index in [0.717, 1.165) is 57.6 Å². The molecule has 1 unspecified atom stereocenters. The van der Waals surface area contributed by atoms with Gasteiger partial charge in [0.05, 0.1) is 18.7 Å². The van der Waals surface area contributed by atoms with Crippen LogP contribution in [0.25, 0.3) is 22.5 Å². The van der Waals surface area contributed by atoms with E-state index >= 15 is 0 Å². The first-order chi connectivity index (χ1) is 24.5. The Morgan fingerprint density at radius 3 is 1.84 bits per heavy atom. The van der Waals surface area contributed by atoms with E-state index in [2.05, 4.69) is 84.1 Å². The van der Waals surface area contributed by atoms with Crippen LogP contribution in [0.5, 0.6) is 0 Å². The summed E-state index contributed by atoms with van der Waals surface area (Å²) in [6.07, 6.45) is 1.56. The smallest absolute Gasteiger partial charge is 0.337 e. The highest BCUT2D eigenvalue weighted by Gasteiger charge is 2.41. The predicted octanol–water partition coefficient (Wildman–Crippen LogP) is 7.44. The monoisotopic (exact) mass is 660 g/mol. The number of carbonyl (C=O) groups excluding carboxylic acids is 1. The van der Waals surface area contributed by atoms with Crippen LogP contribution >= 0.6 is 0 Å². The molecule has 7 rings (SSSR count). The zero-order valence-electron chi connectivity index (χ0n) is 28.5. The number of ether oxygens (including phenoxy) is 1. The van der Waals surface area contributed by atoms with Crippen LogP contribution in [0.3, 0.4) is 0 Å². The maximum Gasteiger partial charge on any atom is 0.337 e. The number of carbonyl (C=O) groups is 1. The Morgan fingerprint density at radius 2 is 1.30 bits per heavy atom. The number of benzene rings is 5. The number of allylic oxidation sites excluding steroid dienone is 1. The van der Waals surface area contributed by atoms with Crippen molar-refractivity contribution in [2.24, 2.45) is 0 Å². The van der Waals surface area contributed by atoms with Gasteiger partial charge in [-0.05, 0) is 51.9 Å². The second-order valence-electron chi connectivity index (χ2n) is 12.5. The first kappa shape index (κ1) is 32.7. The van der Waals surface area contributed by atoms with E-state index < -0.39 is 5.54 Å². The summed E-state index contributed by atoms with van der Waals surface area (Å²) in [6, 6.07) is 47.6. The molecule has 1 atom stereocenters. The molecule has 5 aromatic carbocycles. The minimum Gasteiger partial charge on any atom is -0.466 e. The van der Waals surface area contributed by atoms with Gasteiger partial charge in [-0.2, -0.15) is 0 Å². The summed E-state index contributed by atoms with van der Waals surface area (Å²) in [5.41, 5.74) is 11.3. The summed E-state index contributed by atoms with van der Waals surface area (Å²) in [6.45, 7) is 4.93. The van der Waals surface area contributed by atoms with Crippen molar-refractivity contribution in [1.29, 1.82) is 0 Å². The van der Waals surface area contributed by atoms with Gasteiger partial charge in [-0.15, -0.1) is 15.0 Å². The number of methoxy groups -OCH3 is 1. The lowest BCUT2D eigenvalue weighted by atomic mass is 9.77. The molecular formula is C42H40N6O2. The third kappa shape index (κ3) is 5.99. The van der Waals surface area contributed by atoms with Crippen molar-refractivity contribution in [3.05, 3.63) is 173 Å². The Hall–Kier alpha value is -5.86. The molecule has 8 heteroatoms. The average Bonchev–Trinajstić information content (AvgIpc) is 3.78. The van der Waals surface area contributed by atoms with Crippen LogP contribution < -0.4 is 5.43 Å². The van der Waals surface area contributed by atoms with Crippen molar-refractivity contribution >= 4 is 5.97 Å². The molecule has 8 nitrogen and oxygen atoms in total. The molecule has 1 N–H and O–H groups in total. The number of hydrazine groups is 1. The Bertz CT molecular complexity index is 2000. The molecule has 0 bridgehead atoms. The Kier molecular flexibility index (Phi) is 9.36. The van der Waals surface area contributed by atoms with Gasteiger partial charge >= 0.3 is 5.97 Å². The average molecular weight is 661 g/mol. The third-order valence-corrected chi connectivity index (χ3v) is 9.36. The second-order valence-corrected chi connectivity index (χ2v) is 12.5. The summed E-state index contributed by atoms with van der Waals surface area (Å²) in [5.74, 6) is 0.242. The number of tetrazole rings is 1. The molecule has 0 amide bonds. The molecule has 0 spiro atoms. The fourth-order valence-electron chi connectivity index (χ4n) is 7.06. The summed E-state index contributed by atoms with van der Waals surface area (Å²) in [4.78, 5) is 14.5. The normalized spacial score (nSPS) is 14.6. The van der Waals surface area contributed by atoms with E-state index in [4.69, 9.17) is 20.1 Å². The number of aromatic nitrogens is 4. The van der Waals surface area contributed by atoms with Crippen molar-refractivity contribution in [3.63, 3.8) is 0 Å². The van der Waals surface area contributed by atoms with Gasteiger partial charge in [-0.25, -0.2) is 10.2 Å². The largest absolute Gasteiger partial charge is 0.466 e. The van der Waals surface area contributed by atoms with Crippen molar-refractivity contribution in [2.45, 2.75) is 38.3 Å². The van der Waals surface area contributed by atoms with Crippen LogP contribution in [-0.2, 0) is 21.5 Å². The van der Waals surface area contributed by atoms with Gasteiger partial charge in [0.1, 0.15) is 0 Å². The summed E-state index contributed by atoms with van der Waals surface area (Å²) in [7, 11) is 1.44. The highest BCUT2D eigenvalue weighted by molar-refractivity contribution is 5.91. The SMILES string of the molecule is CCCN1NC(C)C(C(=O)OC)=C1Cc1ccc(-c2ccccc2-c2nnn(C(c3ccccc3)(c3ccccc3)c3ccccc3)n2)cc1. The zero-order valence-corrected chi connectivity index (χ0v) is 28.5. The van der Waals surface area contributed by atoms with Crippen molar-refractivity contribution in [3.8, 4) is 22.5 Å². The van der Waals surface area contributed by atoms with Crippen molar-refractivity contribution < 1.29 is 9.53 Å². The summed E-state index contributed by atoms with van der Waals surface area (Å²) < 4.78 is 5.15. The van der Waals surface area contributed by atoms with E-state index in [-0.39, 0.29) is 12.0 Å². The maximum absolute atomic E-state index is 12.7. The first-order valence-corrected chi connectivity index (χ1v) is 17.1. The molecule has 0 saturated carbocycles. The van der Waals surface area contributed by atoms with E-state index in [1.165, 1.54) is 7.11 Å². The molecular weight excluding hydrogens is 621 g/mol. The molecule has 1 aromatic heterocycles. The van der Waals surface area contributed by atoms with Gasteiger partial charge < -0.3 is 9.75 Å². The highest BCUT2D eigenvalue weighted by Crippen LogP contribution is 2.40. The third-order valence-electron chi connectivity index (χ3n) is 9.36. The van der Waals surface area contributed by atoms with Gasteiger partial charge in [0.2, 0.25) is 5.82 Å². The number of esters is 1. The lowest BCUT2D eigenvalue weighted by Gasteiger charge is -2.34. The van der Waals surface area contributed by atoms with Crippen LogP contribution in [0.2, 0.25) is 0 Å². The molecule has 50 heavy (non-hydrogen) atoms. The molecule has 6 aromatic rings. The van der Waals surface area contributed by atoms with Crippen LogP contribution in [0, 0.1) is 0 Å². The van der Waals surface area contributed by atoms with Crippen molar-refractivity contribution in [1.82, 2.24) is 30.6 Å². The topological polar surface area (TPSA) is 85.2 Å². The lowest BCUT2D eigenvalue weighted by Crippen LogP contribution is -2.39. The van der Waals surface area contributed by atoms with E-state index in [9.17, 15) is 4.79 Å². The fourth-order valence-corrected chi connectivity index (χ4v) is 7.06. The standard InChI is InChI=1S/C42H40N6O2/c1-4-28-47-38(39(30(2)44-47)41(49)50-3)29-31-24-26-32(27-25-31)36-22-14-15-23-37(36)40-43-46-48(45-40)42(33-16-8-5-9-17-33,34-18-10-6-11-19-34)35-20-12-7-13-21-35/h5-27,30,44H,4,28-29H2,1-3H3. The van der Waals surface area contributed by atoms with Crippen LogP contribution in [-0.4, -0.2) is 50.9 Å². The fraction of sp³-hybridized carbons (Fsp3) is 0.190. The number of hydrogen-bond donors (Lipinski definition) is 1. The molecule has 0 saturated heterocycles. The summed E-state index contributed by atoms with van der Waals surface area (Å²) >= 11 is 0. The van der Waals surface area contributed by atoms with Crippen LogP contribution in [0.4, 0.5) is 0 Å². The minimum atomic E-state index is -0.860. The molecule has 0 fully saturated rings. The van der Waals surface area contributed by atoms with Gasteiger partial charge in [0.15, 0.2) is 5.54 Å². The van der Waals surface area contributed by atoms with Crippen LogP contribution in [0.15, 0.2) is 151 Å². The zero-order chi connectivity index (χ0) is 34.5. The van der Waals surface area contributed by atoms with E-state index in [1.807, 2.05) is 79.7 Å². The predicted molar refractivity (Wildman–Crippen MR) is 196 cm³/mol. The van der Waals surface area contributed by atoms with Crippen LogP contribution in [0.1, 0.15) is 42.5 Å². The molecule has 0 radical (unpaired) electrons. The molecule has 0 aliphatic carbocycles. The number of rotatable bonds is 11. The maximum atomic E-state index is 12.7. The molecule has 1 aliphatic rings. The first-order valence-electron chi connectivity index (χ1n) is 17.1. The Labute approximate surface area is 293 Å². The molecule has 1 aliphatic heterocycles. The molecule has 250 valence electrons. The number of nitrogens with zero attached hydrogens (tertiary/aromatic N) is 5.